The Morgan fingerprint density at radius 1 is 0.933 bits per heavy atom. The van der Waals surface area contributed by atoms with E-state index < -0.39 is 17.6 Å². The zero-order chi connectivity index (χ0) is 21.6. The third-order valence-corrected chi connectivity index (χ3v) is 4.45. The molecule has 0 bridgehead atoms. The normalized spacial score (nSPS) is 12.2. The van der Waals surface area contributed by atoms with Crippen LogP contribution in [0.4, 0.5) is 0 Å². The van der Waals surface area contributed by atoms with Gasteiger partial charge in [0.05, 0.1) is 0 Å². The van der Waals surface area contributed by atoms with Crippen LogP contribution >= 0.6 is 0 Å². The Bertz CT molecular complexity index is 1020. The molecule has 0 aliphatic carbocycles. The van der Waals surface area contributed by atoms with E-state index in [4.69, 9.17) is 9.47 Å². The SMILES string of the molecule is CC(C)(C)OC(=O)C(Cc1ccccc1)n1ccc(OCc2ccccc2)cc1=O. The van der Waals surface area contributed by atoms with Gasteiger partial charge in [-0.2, -0.15) is 0 Å². The zero-order valence-electron chi connectivity index (χ0n) is 17.6. The highest BCUT2D eigenvalue weighted by molar-refractivity contribution is 5.75. The molecule has 1 aromatic heterocycles. The maximum atomic E-state index is 12.9. The first-order chi connectivity index (χ1) is 14.3. The average molecular weight is 405 g/mol. The van der Waals surface area contributed by atoms with Gasteiger partial charge in [0.25, 0.3) is 5.56 Å². The number of ether oxygens (including phenoxy) is 2. The summed E-state index contributed by atoms with van der Waals surface area (Å²) in [5.74, 6) is 0.0224. The highest BCUT2D eigenvalue weighted by Gasteiger charge is 2.27. The number of rotatable bonds is 7. The number of carbonyl (C=O) groups excluding carboxylic acids is 1. The molecule has 2 aromatic carbocycles. The lowest BCUT2D eigenvalue weighted by molar-refractivity contribution is -0.159. The van der Waals surface area contributed by atoms with Gasteiger partial charge in [-0.3, -0.25) is 4.79 Å². The second kappa shape index (κ2) is 9.44. The van der Waals surface area contributed by atoms with Crippen LogP contribution in [-0.4, -0.2) is 16.1 Å². The summed E-state index contributed by atoms with van der Waals surface area (Å²) >= 11 is 0. The molecule has 0 saturated carbocycles. The van der Waals surface area contributed by atoms with Gasteiger partial charge in [0, 0.05) is 18.7 Å². The number of nitrogens with zero attached hydrogens (tertiary/aromatic N) is 1. The summed E-state index contributed by atoms with van der Waals surface area (Å²) in [6, 6.07) is 21.7. The molecule has 156 valence electrons. The second-order valence-corrected chi connectivity index (χ2v) is 8.12. The maximum absolute atomic E-state index is 12.9. The highest BCUT2D eigenvalue weighted by Crippen LogP contribution is 2.20. The third-order valence-electron chi connectivity index (χ3n) is 4.45. The van der Waals surface area contributed by atoms with Crippen molar-refractivity contribution in [3.05, 3.63) is 100 Å². The Morgan fingerprint density at radius 2 is 1.53 bits per heavy atom. The van der Waals surface area contributed by atoms with E-state index in [9.17, 15) is 9.59 Å². The summed E-state index contributed by atoms with van der Waals surface area (Å²) < 4.78 is 12.7. The van der Waals surface area contributed by atoms with E-state index in [1.165, 1.54) is 10.6 Å². The molecule has 3 rings (SSSR count). The maximum Gasteiger partial charge on any atom is 0.330 e. The third kappa shape index (κ3) is 6.08. The van der Waals surface area contributed by atoms with Gasteiger partial charge >= 0.3 is 5.97 Å². The van der Waals surface area contributed by atoms with Crippen molar-refractivity contribution < 1.29 is 14.3 Å². The quantitative estimate of drug-likeness (QED) is 0.541. The van der Waals surface area contributed by atoms with Crippen LogP contribution in [0.15, 0.2) is 83.8 Å². The Kier molecular flexibility index (Phi) is 6.72. The van der Waals surface area contributed by atoms with Crippen molar-refractivity contribution in [2.75, 3.05) is 0 Å². The largest absolute Gasteiger partial charge is 0.489 e. The summed E-state index contributed by atoms with van der Waals surface area (Å²) in [5.41, 5.74) is 1.00. The van der Waals surface area contributed by atoms with Crippen LogP contribution in [0, 0.1) is 0 Å². The van der Waals surface area contributed by atoms with E-state index in [-0.39, 0.29) is 5.56 Å². The Balaban J connectivity index is 1.83. The minimum Gasteiger partial charge on any atom is -0.489 e. The number of esters is 1. The van der Waals surface area contributed by atoms with Gasteiger partial charge in [0.1, 0.15) is 24.0 Å². The average Bonchev–Trinajstić information content (AvgIpc) is 2.71. The Labute approximate surface area is 176 Å². The molecule has 3 aromatic rings. The first-order valence-corrected chi connectivity index (χ1v) is 9.97. The van der Waals surface area contributed by atoms with Crippen LogP contribution in [0.25, 0.3) is 0 Å². The van der Waals surface area contributed by atoms with Gasteiger partial charge in [-0.15, -0.1) is 0 Å². The van der Waals surface area contributed by atoms with Crippen molar-refractivity contribution in [1.29, 1.82) is 0 Å². The van der Waals surface area contributed by atoms with Crippen LogP contribution in [0.5, 0.6) is 5.75 Å². The molecule has 5 heteroatoms. The van der Waals surface area contributed by atoms with E-state index in [1.807, 2.05) is 81.4 Å². The molecule has 1 unspecified atom stereocenters. The predicted molar refractivity (Wildman–Crippen MR) is 117 cm³/mol. The van der Waals surface area contributed by atoms with Crippen molar-refractivity contribution in [2.24, 2.45) is 0 Å². The molecule has 0 aliphatic heterocycles. The van der Waals surface area contributed by atoms with Gasteiger partial charge in [-0.1, -0.05) is 60.7 Å². The van der Waals surface area contributed by atoms with Gasteiger partial charge in [0.2, 0.25) is 0 Å². The number of hydrogen-bond acceptors (Lipinski definition) is 4. The number of aromatic nitrogens is 1. The molecule has 0 amide bonds. The molecule has 0 aliphatic rings. The number of hydrogen-bond donors (Lipinski definition) is 0. The molecular weight excluding hydrogens is 378 g/mol. The van der Waals surface area contributed by atoms with E-state index in [1.54, 1.807) is 12.3 Å². The van der Waals surface area contributed by atoms with Gasteiger partial charge in [-0.25, -0.2) is 4.79 Å². The fourth-order valence-electron chi connectivity index (χ4n) is 3.06. The Hall–Kier alpha value is -3.34. The van der Waals surface area contributed by atoms with Crippen LogP contribution in [0.1, 0.15) is 37.9 Å². The van der Waals surface area contributed by atoms with Crippen LogP contribution in [-0.2, 0) is 22.6 Å². The summed E-state index contributed by atoms with van der Waals surface area (Å²) in [7, 11) is 0. The molecule has 0 spiro atoms. The van der Waals surface area contributed by atoms with Crippen molar-refractivity contribution in [1.82, 2.24) is 4.57 Å². The topological polar surface area (TPSA) is 57.5 Å². The lowest BCUT2D eigenvalue weighted by atomic mass is 10.1. The second-order valence-electron chi connectivity index (χ2n) is 8.12. The van der Waals surface area contributed by atoms with Gasteiger partial charge in [-0.05, 0) is 38.0 Å². The summed E-state index contributed by atoms with van der Waals surface area (Å²) in [5, 5.41) is 0. The van der Waals surface area contributed by atoms with E-state index in [0.717, 1.165) is 11.1 Å². The molecule has 0 N–H and O–H groups in total. The fraction of sp³-hybridized carbons (Fsp3) is 0.280. The molecule has 1 atom stereocenters. The summed E-state index contributed by atoms with van der Waals surface area (Å²) in [4.78, 5) is 25.7. The fourth-order valence-corrected chi connectivity index (χ4v) is 3.06. The van der Waals surface area contributed by atoms with E-state index in [0.29, 0.717) is 18.8 Å². The minimum atomic E-state index is -0.762. The molecule has 0 saturated heterocycles. The summed E-state index contributed by atoms with van der Waals surface area (Å²) in [6.07, 6.45) is 1.96. The van der Waals surface area contributed by atoms with Crippen molar-refractivity contribution in [3.8, 4) is 5.75 Å². The molecule has 1 heterocycles. The first kappa shape index (κ1) is 21.4. The lowest BCUT2D eigenvalue weighted by Crippen LogP contribution is -2.35. The van der Waals surface area contributed by atoms with Crippen molar-refractivity contribution in [3.63, 3.8) is 0 Å². The van der Waals surface area contributed by atoms with E-state index in [2.05, 4.69) is 0 Å². The Morgan fingerprint density at radius 3 is 2.10 bits per heavy atom. The standard InChI is InChI=1S/C25H27NO4/c1-25(2,3)30-24(28)22(16-19-10-6-4-7-11-19)26-15-14-21(17-23(26)27)29-18-20-12-8-5-9-13-20/h4-15,17,22H,16,18H2,1-3H3. The number of carbonyl (C=O) groups is 1. The molecule has 30 heavy (non-hydrogen) atoms. The highest BCUT2D eigenvalue weighted by atomic mass is 16.6. The van der Waals surface area contributed by atoms with Crippen LogP contribution < -0.4 is 10.3 Å². The molecular formula is C25H27NO4. The molecule has 0 fully saturated rings. The van der Waals surface area contributed by atoms with Gasteiger partial charge < -0.3 is 14.0 Å². The number of pyridine rings is 1. The van der Waals surface area contributed by atoms with Crippen molar-refractivity contribution >= 4 is 5.97 Å². The zero-order valence-corrected chi connectivity index (χ0v) is 17.6. The summed E-state index contributed by atoms with van der Waals surface area (Å²) in [6.45, 7) is 5.80. The number of benzene rings is 2. The smallest absolute Gasteiger partial charge is 0.330 e. The predicted octanol–water partition coefficient (Wildman–Crippen LogP) is 4.55. The van der Waals surface area contributed by atoms with Gasteiger partial charge in [0.15, 0.2) is 0 Å². The van der Waals surface area contributed by atoms with Crippen LogP contribution in [0.2, 0.25) is 0 Å². The van der Waals surface area contributed by atoms with Crippen LogP contribution in [0.3, 0.4) is 0 Å². The molecule has 5 nitrogen and oxygen atoms in total. The van der Waals surface area contributed by atoms with Crippen molar-refractivity contribution in [2.45, 2.75) is 45.4 Å². The minimum absolute atomic E-state index is 0.313. The van der Waals surface area contributed by atoms with E-state index >= 15 is 0 Å². The first-order valence-electron chi connectivity index (χ1n) is 9.97. The monoisotopic (exact) mass is 405 g/mol. The lowest BCUT2D eigenvalue weighted by Gasteiger charge is -2.25. The molecule has 0 radical (unpaired) electrons.